The molecule has 0 radical (unpaired) electrons. The van der Waals surface area contributed by atoms with Crippen LogP contribution in [0.3, 0.4) is 0 Å². The van der Waals surface area contributed by atoms with Gasteiger partial charge in [-0.3, -0.25) is 4.79 Å². The molecule has 19 heavy (non-hydrogen) atoms. The second-order valence-corrected chi connectivity index (χ2v) is 4.88. The van der Waals surface area contributed by atoms with E-state index in [4.69, 9.17) is 9.15 Å². The van der Waals surface area contributed by atoms with Crippen LogP contribution in [0.15, 0.2) is 22.8 Å². The van der Waals surface area contributed by atoms with Crippen LogP contribution in [-0.4, -0.2) is 49.7 Å². The van der Waals surface area contributed by atoms with Crippen LogP contribution in [0, 0.1) is 0 Å². The zero-order chi connectivity index (χ0) is 13.5. The summed E-state index contributed by atoms with van der Waals surface area (Å²) in [6, 6.07) is 4.17. The van der Waals surface area contributed by atoms with Crippen molar-refractivity contribution in [2.24, 2.45) is 0 Å². The van der Waals surface area contributed by atoms with Gasteiger partial charge in [0.2, 0.25) is 5.91 Å². The van der Waals surface area contributed by atoms with Crippen molar-refractivity contribution in [2.75, 3.05) is 32.8 Å². The van der Waals surface area contributed by atoms with Crippen LogP contribution >= 0.6 is 0 Å². The van der Waals surface area contributed by atoms with E-state index in [1.54, 1.807) is 6.26 Å². The molecule has 5 nitrogen and oxygen atoms in total. The molecule has 0 aliphatic carbocycles. The average Bonchev–Trinajstić information content (AvgIpc) is 2.92. The van der Waals surface area contributed by atoms with Gasteiger partial charge in [0.1, 0.15) is 5.76 Å². The van der Waals surface area contributed by atoms with Gasteiger partial charge in [-0.25, -0.2) is 0 Å². The fourth-order valence-electron chi connectivity index (χ4n) is 2.20. The molecule has 1 fully saturated rings. The minimum atomic E-state index is 0.209. The molecule has 106 valence electrons. The van der Waals surface area contributed by atoms with E-state index in [1.165, 1.54) is 0 Å². The van der Waals surface area contributed by atoms with E-state index >= 15 is 0 Å². The molecule has 2 rings (SSSR count). The summed E-state index contributed by atoms with van der Waals surface area (Å²) >= 11 is 0. The molecule has 1 amide bonds. The lowest BCUT2D eigenvalue weighted by atomic mass is 10.2. The maximum atomic E-state index is 11.9. The molecular formula is C14H22N2O3. The standard InChI is InChI=1S/C14H22N2O3/c1-12(11-13-3-2-8-19-13)15-5-4-14(17)16-6-9-18-10-7-16/h2-3,8,12,15H,4-7,9-11H2,1H3. The monoisotopic (exact) mass is 266 g/mol. The van der Waals surface area contributed by atoms with Crippen molar-refractivity contribution < 1.29 is 13.9 Å². The van der Waals surface area contributed by atoms with Gasteiger partial charge in [0.25, 0.3) is 0 Å². The van der Waals surface area contributed by atoms with E-state index in [0.29, 0.717) is 32.2 Å². The van der Waals surface area contributed by atoms with Gasteiger partial charge in [-0.2, -0.15) is 0 Å². The first-order valence-corrected chi connectivity index (χ1v) is 6.87. The van der Waals surface area contributed by atoms with Gasteiger partial charge in [0.15, 0.2) is 0 Å². The average molecular weight is 266 g/mol. The van der Waals surface area contributed by atoms with Crippen LogP contribution in [-0.2, 0) is 16.0 Å². The highest BCUT2D eigenvalue weighted by molar-refractivity contribution is 5.76. The smallest absolute Gasteiger partial charge is 0.224 e. The van der Waals surface area contributed by atoms with Gasteiger partial charge >= 0.3 is 0 Å². The van der Waals surface area contributed by atoms with Crippen molar-refractivity contribution >= 4 is 5.91 Å². The van der Waals surface area contributed by atoms with Crippen LogP contribution < -0.4 is 5.32 Å². The van der Waals surface area contributed by atoms with Crippen molar-refractivity contribution in [1.29, 1.82) is 0 Å². The first-order chi connectivity index (χ1) is 9.25. The van der Waals surface area contributed by atoms with Crippen LogP contribution in [0.4, 0.5) is 0 Å². The lowest BCUT2D eigenvalue weighted by Crippen LogP contribution is -2.42. The van der Waals surface area contributed by atoms with Crippen molar-refractivity contribution in [3.8, 4) is 0 Å². The van der Waals surface area contributed by atoms with Crippen molar-refractivity contribution in [2.45, 2.75) is 25.8 Å². The van der Waals surface area contributed by atoms with E-state index in [9.17, 15) is 4.79 Å². The lowest BCUT2D eigenvalue weighted by molar-refractivity contribution is -0.135. The SMILES string of the molecule is CC(Cc1ccco1)NCCC(=O)N1CCOCC1. The van der Waals surface area contributed by atoms with Gasteiger partial charge < -0.3 is 19.4 Å². The Bertz CT molecular complexity index is 372. The molecule has 1 aliphatic heterocycles. The minimum absolute atomic E-state index is 0.209. The number of nitrogens with zero attached hydrogens (tertiary/aromatic N) is 1. The maximum absolute atomic E-state index is 11.9. The Hall–Kier alpha value is -1.33. The van der Waals surface area contributed by atoms with E-state index in [1.807, 2.05) is 17.0 Å². The number of carbonyl (C=O) groups excluding carboxylic acids is 1. The second-order valence-electron chi connectivity index (χ2n) is 4.88. The molecule has 1 unspecified atom stereocenters. The molecule has 1 aromatic heterocycles. The largest absolute Gasteiger partial charge is 0.469 e. The van der Waals surface area contributed by atoms with E-state index in [-0.39, 0.29) is 5.91 Å². The zero-order valence-corrected chi connectivity index (χ0v) is 11.4. The third kappa shape index (κ3) is 4.69. The van der Waals surface area contributed by atoms with E-state index < -0.39 is 0 Å². The predicted molar refractivity (Wildman–Crippen MR) is 71.9 cm³/mol. The number of ether oxygens (including phenoxy) is 1. The van der Waals surface area contributed by atoms with Crippen LogP contribution in [0.25, 0.3) is 0 Å². The Morgan fingerprint density at radius 3 is 2.95 bits per heavy atom. The molecule has 5 heteroatoms. The molecule has 0 bridgehead atoms. The Kier molecular flexibility index (Phi) is 5.42. The number of nitrogens with one attached hydrogen (secondary N) is 1. The third-order valence-electron chi connectivity index (χ3n) is 3.28. The molecule has 1 aliphatic rings. The highest BCUT2D eigenvalue weighted by Crippen LogP contribution is 2.04. The Morgan fingerprint density at radius 2 is 2.26 bits per heavy atom. The summed E-state index contributed by atoms with van der Waals surface area (Å²) in [6.45, 7) is 5.57. The molecule has 1 atom stereocenters. The van der Waals surface area contributed by atoms with Gasteiger partial charge in [0, 0.05) is 38.5 Å². The van der Waals surface area contributed by atoms with Crippen molar-refractivity contribution in [1.82, 2.24) is 10.2 Å². The number of morpholine rings is 1. The summed E-state index contributed by atoms with van der Waals surface area (Å²) in [7, 11) is 0. The molecule has 2 heterocycles. The number of hydrogen-bond donors (Lipinski definition) is 1. The Labute approximate surface area is 113 Å². The van der Waals surface area contributed by atoms with E-state index in [2.05, 4.69) is 12.2 Å². The quantitative estimate of drug-likeness (QED) is 0.836. The Morgan fingerprint density at radius 1 is 1.47 bits per heavy atom. The summed E-state index contributed by atoms with van der Waals surface area (Å²) in [5.74, 6) is 1.18. The predicted octanol–water partition coefficient (Wildman–Crippen LogP) is 1.05. The maximum Gasteiger partial charge on any atom is 0.224 e. The minimum Gasteiger partial charge on any atom is -0.469 e. The van der Waals surface area contributed by atoms with Gasteiger partial charge in [0.05, 0.1) is 19.5 Å². The van der Waals surface area contributed by atoms with Gasteiger partial charge in [-0.1, -0.05) is 0 Å². The molecule has 1 saturated heterocycles. The molecular weight excluding hydrogens is 244 g/mol. The summed E-state index contributed by atoms with van der Waals surface area (Å²) < 4.78 is 10.5. The van der Waals surface area contributed by atoms with Crippen LogP contribution in [0.1, 0.15) is 19.1 Å². The molecule has 0 saturated carbocycles. The highest BCUT2D eigenvalue weighted by Gasteiger charge is 2.16. The lowest BCUT2D eigenvalue weighted by Gasteiger charge is -2.27. The second kappa shape index (κ2) is 7.31. The number of amides is 1. The van der Waals surface area contributed by atoms with Crippen molar-refractivity contribution in [3.63, 3.8) is 0 Å². The first-order valence-electron chi connectivity index (χ1n) is 6.87. The summed E-state index contributed by atoms with van der Waals surface area (Å²) in [5, 5.41) is 3.35. The van der Waals surface area contributed by atoms with E-state index in [0.717, 1.165) is 25.3 Å². The first kappa shape index (κ1) is 14.1. The van der Waals surface area contributed by atoms with Crippen molar-refractivity contribution in [3.05, 3.63) is 24.2 Å². The van der Waals surface area contributed by atoms with Crippen LogP contribution in [0.5, 0.6) is 0 Å². The third-order valence-corrected chi connectivity index (χ3v) is 3.28. The zero-order valence-electron chi connectivity index (χ0n) is 11.4. The number of hydrogen-bond acceptors (Lipinski definition) is 4. The molecule has 0 spiro atoms. The summed E-state index contributed by atoms with van der Waals surface area (Å²) in [5.41, 5.74) is 0. The summed E-state index contributed by atoms with van der Waals surface area (Å²) in [4.78, 5) is 13.8. The van der Waals surface area contributed by atoms with Crippen LogP contribution in [0.2, 0.25) is 0 Å². The Balaban J connectivity index is 1.61. The van der Waals surface area contributed by atoms with Gasteiger partial charge in [-0.15, -0.1) is 0 Å². The number of carbonyl (C=O) groups is 1. The molecule has 1 aromatic rings. The van der Waals surface area contributed by atoms with Gasteiger partial charge in [-0.05, 0) is 19.1 Å². The topological polar surface area (TPSA) is 54.7 Å². The molecule has 1 N–H and O–H groups in total. The summed E-state index contributed by atoms with van der Waals surface area (Å²) in [6.07, 6.45) is 3.07. The highest BCUT2D eigenvalue weighted by atomic mass is 16.5. The normalized spacial score (nSPS) is 17.4. The fourth-order valence-corrected chi connectivity index (χ4v) is 2.20. The number of furan rings is 1. The fraction of sp³-hybridized carbons (Fsp3) is 0.643. The molecule has 0 aromatic carbocycles. The number of rotatable bonds is 6.